The van der Waals surface area contributed by atoms with Gasteiger partial charge in [-0.25, -0.2) is 0 Å². The maximum atomic E-state index is 11.4. The second kappa shape index (κ2) is 6.55. The molecule has 1 aromatic rings. The number of ether oxygens (including phenoxy) is 1. The fraction of sp³-hybridized carbons (Fsp3) is 0.357. The van der Waals surface area contributed by atoms with Gasteiger partial charge in [-0.05, 0) is 24.5 Å². The number of carbonyl (C=O) groups is 2. The van der Waals surface area contributed by atoms with Crippen molar-refractivity contribution in [2.45, 2.75) is 19.8 Å². The number of methoxy groups -OCH3 is 1. The van der Waals surface area contributed by atoms with Crippen LogP contribution in [0.5, 0.6) is 0 Å². The molecule has 0 saturated heterocycles. The third-order valence-corrected chi connectivity index (χ3v) is 2.72. The molecule has 0 aliphatic carbocycles. The molecule has 1 atom stereocenters. The van der Waals surface area contributed by atoms with Gasteiger partial charge in [0, 0.05) is 0 Å². The molecule has 0 heterocycles. The smallest absolute Gasteiger partial charge is 0.316 e. The molecule has 0 spiro atoms. The summed E-state index contributed by atoms with van der Waals surface area (Å²) in [6.07, 6.45) is 0.683. The number of benzene rings is 1. The topological polar surface area (TPSA) is 67.2 Å². The van der Waals surface area contributed by atoms with Crippen molar-refractivity contribution in [3.63, 3.8) is 0 Å². The molecular formula is C14H15NO3. The van der Waals surface area contributed by atoms with E-state index in [1.807, 2.05) is 24.3 Å². The van der Waals surface area contributed by atoms with Crippen LogP contribution in [-0.4, -0.2) is 18.9 Å². The van der Waals surface area contributed by atoms with Crippen molar-refractivity contribution in [3.05, 3.63) is 35.4 Å². The Morgan fingerprint density at radius 1 is 1.28 bits per heavy atom. The summed E-state index contributed by atoms with van der Waals surface area (Å²) in [5.74, 6) is -1.47. The zero-order valence-electron chi connectivity index (χ0n) is 10.5. The largest absolute Gasteiger partial charge is 0.468 e. The van der Waals surface area contributed by atoms with Gasteiger partial charge in [0.2, 0.25) is 0 Å². The van der Waals surface area contributed by atoms with Gasteiger partial charge in [-0.1, -0.05) is 24.3 Å². The minimum absolute atomic E-state index is 0.206. The molecular weight excluding hydrogens is 230 g/mol. The van der Waals surface area contributed by atoms with Crippen LogP contribution in [0.4, 0.5) is 0 Å². The molecule has 0 aliphatic rings. The van der Waals surface area contributed by atoms with E-state index in [2.05, 4.69) is 10.8 Å². The number of carbonyl (C=O) groups excluding carboxylic acids is 2. The first kappa shape index (κ1) is 13.9. The molecule has 18 heavy (non-hydrogen) atoms. The third-order valence-electron chi connectivity index (χ3n) is 2.72. The van der Waals surface area contributed by atoms with Gasteiger partial charge in [-0.15, -0.1) is 0 Å². The van der Waals surface area contributed by atoms with Gasteiger partial charge in [-0.3, -0.25) is 9.59 Å². The minimum atomic E-state index is -0.753. The van der Waals surface area contributed by atoms with Crippen LogP contribution in [0.2, 0.25) is 0 Å². The van der Waals surface area contributed by atoms with Crippen LogP contribution in [0.1, 0.15) is 18.1 Å². The Labute approximate surface area is 106 Å². The summed E-state index contributed by atoms with van der Waals surface area (Å²) in [4.78, 5) is 22.8. The van der Waals surface area contributed by atoms with E-state index >= 15 is 0 Å². The van der Waals surface area contributed by atoms with E-state index in [9.17, 15) is 9.59 Å². The molecule has 94 valence electrons. The van der Waals surface area contributed by atoms with Gasteiger partial charge < -0.3 is 4.74 Å². The van der Waals surface area contributed by atoms with Crippen molar-refractivity contribution < 1.29 is 14.3 Å². The lowest BCUT2D eigenvalue weighted by Crippen LogP contribution is -2.25. The van der Waals surface area contributed by atoms with Crippen LogP contribution >= 0.6 is 0 Å². The van der Waals surface area contributed by atoms with Gasteiger partial charge in [-0.2, -0.15) is 5.26 Å². The van der Waals surface area contributed by atoms with Gasteiger partial charge in [0.05, 0.1) is 19.6 Å². The fourth-order valence-corrected chi connectivity index (χ4v) is 1.66. The van der Waals surface area contributed by atoms with Crippen LogP contribution in [-0.2, 0) is 27.2 Å². The van der Waals surface area contributed by atoms with Crippen LogP contribution in [0.15, 0.2) is 24.3 Å². The van der Waals surface area contributed by atoms with Gasteiger partial charge in [0.25, 0.3) is 0 Å². The fourth-order valence-electron chi connectivity index (χ4n) is 1.66. The second-order valence-corrected chi connectivity index (χ2v) is 4.04. The summed E-state index contributed by atoms with van der Waals surface area (Å²) in [7, 11) is 1.27. The number of nitriles is 1. The number of hydrogen-bond acceptors (Lipinski definition) is 4. The lowest BCUT2D eigenvalue weighted by atomic mass is 9.95. The highest BCUT2D eigenvalue weighted by Crippen LogP contribution is 2.13. The third kappa shape index (κ3) is 3.70. The van der Waals surface area contributed by atoms with Gasteiger partial charge >= 0.3 is 5.97 Å². The standard InChI is InChI=1S/C14H15NO3/c1-10(16)13(14(17)18-2)9-12-5-3-11(4-6-12)7-8-15/h3-6,13H,7,9H2,1-2H3. The summed E-state index contributed by atoms with van der Waals surface area (Å²) in [6, 6.07) is 9.36. The maximum Gasteiger partial charge on any atom is 0.316 e. The van der Waals surface area contributed by atoms with Crippen LogP contribution in [0, 0.1) is 17.2 Å². The summed E-state index contributed by atoms with van der Waals surface area (Å²) >= 11 is 0. The van der Waals surface area contributed by atoms with Crippen LogP contribution in [0.25, 0.3) is 0 Å². The Morgan fingerprint density at radius 3 is 2.28 bits per heavy atom. The average Bonchev–Trinajstić information content (AvgIpc) is 2.37. The molecule has 4 nitrogen and oxygen atoms in total. The van der Waals surface area contributed by atoms with Crippen LogP contribution in [0.3, 0.4) is 0 Å². The molecule has 0 fully saturated rings. The van der Waals surface area contributed by atoms with E-state index in [4.69, 9.17) is 5.26 Å². The molecule has 0 bridgehead atoms. The summed E-state index contributed by atoms with van der Waals surface area (Å²) in [5, 5.41) is 8.56. The Hall–Kier alpha value is -2.15. The number of nitrogens with zero attached hydrogens (tertiary/aromatic N) is 1. The first-order valence-electron chi connectivity index (χ1n) is 5.61. The molecule has 0 N–H and O–H groups in total. The van der Waals surface area contributed by atoms with Crippen molar-refractivity contribution in [1.82, 2.24) is 0 Å². The van der Waals surface area contributed by atoms with E-state index in [1.165, 1.54) is 14.0 Å². The number of rotatable bonds is 5. The summed E-state index contributed by atoms with van der Waals surface area (Å²) in [6.45, 7) is 1.38. The van der Waals surface area contributed by atoms with E-state index in [1.54, 1.807) is 0 Å². The molecule has 1 unspecified atom stereocenters. The van der Waals surface area contributed by atoms with E-state index in [-0.39, 0.29) is 5.78 Å². The summed E-state index contributed by atoms with van der Waals surface area (Å²) < 4.78 is 4.61. The van der Waals surface area contributed by atoms with Gasteiger partial charge in [0.15, 0.2) is 0 Å². The summed E-state index contributed by atoms with van der Waals surface area (Å²) in [5.41, 5.74) is 1.79. The second-order valence-electron chi connectivity index (χ2n) is 4.04. The van der Waals surface area contributed by atoms with Crippen molar-refractivity contribution in [1.29, 1.82) is 5.26 Å². The number of ketones is 1. The normalized spacial score (nSPS) is 11.4. The quantitative estimate of drug-likeness (QED) is 0.584. The molecule has 0 aromatic heterocycles. The first-order chi connectivity index (χ1) is 8.58. The highest BCUT2D eigenvalue weighted by molar-refractivity contribution is 5.97. The molecule has 0 aliphatic heterocycles. The SMILES string of the molecule is COC(=O)C(Cc1ccc(CC#N)cc1)C(C)=O. The zero-order chi connectivity index (χ0) is 13.5. The Balaban J connectivity index is 2.79. The first-order valence-corrected chi connectivity index (χ1v) is 5.61. The van der Waals surface area contributed by atoms with Crippen molar-refractivity contribution in [3.8, 4) is 6.07 Å². The number of Topliss-reactive ketones (excluding diaryl/α,β-unsaturated/α-hetero) is 1. The van der Waals surface area contributed by atoms with Crippen LogP contribution < -0.4 is 0 Å². The molecule has 0 radical (unpaired) electrons. The molecule has 4 heteroatoms. The Bertz CT molecular complexity index is 471. The predicted octanol–water partition coefficient (Wildman–Crippen LogP) is 1.67. The van der Waals surface area contributed by atoms with E-state index in [0.29, 0.717) is 12.8 Å². The molecule has 0 amide bonds. The van der Waals surface area contributed by atoms with Crippen molar-refractivity contribution >= 4 is 11.8 Å². The Kier molecular flexibility index (Phi) is 5.06. The van der Waals surface area contributed by atoms with Gasteiger partial charge in [0.1, 0.15) is 11.7 Å². The molecule has 1 rings (SSSR count). The Morgan fingerprint density at radius 2 is 1.83 bits per heavy atom. The average molecular weight is 245 g/mol. The number of esters is 1. The number of hydrogen-bond donors (Lipinski definition) is 0. The lowest BCUT2D eigenvalue weighted by molar-refractivity contribution is -0.148. The van der Waals surface area contributed by atoms with E-state index < -0.39 is 11.9 Å². The minimum Gasteiger partial charge on any atom is -0.468 e. The molecule has 1 aromatic carbocycles. The highest BCUT2D eigenvalue weighted by Gasteiger charge is 2.24. The predicted molar refractivity (Wildman–Crippen MR) is 65.7 cm³/mol. The monoisotopic (exact) mass is 245 g/mol. The maximum absolute atomic E-state index is 11.4. The lowest BCUT2D eigenvalue weighted by Gasteiger charge is -2.11. The zero-order valence-corrected chi connectivity index (χ0v) is 10.5. The van der Waals surface area contributed by atoms with Crippen molar-refractivity contribution in [2.75, 3.05) is 7.11 Å². The van der Waals surface area contributed by atoms with E-state index in [0.717, 1.165) is 11.1 Å². The molecule has 0 saturated carbocycles. The highest BCUT2D eigenvalue weighted by atomic mass is 16.5. The van der Waals surface area contributed by atoms with Crippen molar-refractivity contribution in [2.24, 2.45) is 5.92 Å².